The number of rotatable bonds is 8. The number of benzene rings is 2. The predicted molar refractivity (Wildman–Crippen MR) is 120 cm³/mol. The second kappa shape index (κ2) is 9.72. The molecule has 0 spiro atoms. The van der Waals surface area contributed by atoms with Crippen molar-refractivity contribution >= 4 is 5.91 Å². The summed E-state index contributed by atoms with van der Waals surface area (Å²) in [6.07, 6.45) is -0.663. The normalized spacial score (nSPS) is 11.7. The molecule has 1 unspecified atom stereocenters. The second-order valence-electron chi connectivity index (χ2n) is 7.74. The number of hydrogen-bond donors (Lipinski definition) is 0. The number of carbonyl (C=O) groups excluding carboxylic acids is 1. The van der Waals surface area contributed by atoms with E-state index in [-0.39, 0.29) is 12.5 Å². The quantitative estimate of drug-likeness (QED) is 0.522. The smallest absolute Gasteiger partial charge is 0.263 e. The third-order valence-electron chi connectivity index (χ3n) is 5.28. The Hall–Kier alpha value is -3.55. The van der Waals surface area contributed by atoms with Gasteiger partial charge in [0, 0.05) is 13.1 Å². The molecule has 32 heavy (non-hydrogen) atoms. The lowest BCUT2D eigenvalue weighted by Crippen LogP contribution is -2.37. The van der Waals surface area contributed by atoms with E-state index in [1.807, 2.05) is 26.8 Å². The van der Waals surface area contributed by atoms with Crippen LogP contribution >= 0.6 is 0 Å². The van der Waals surface area contributed by atoms with Gasteiger partial charge in [-0.25, -0.2) is 0 Å². The van der Waals surface area contributed by atoms with E-state index in [4.69, 9.17) is 18.7 Å². The molecule has 0 aliphatic heterocycles. The number of aryl methyl sites for hydroxylation is 2. The Labute approximate surface area is 188 Å². The zero-order valence-corrected chi connectivity index (χ0v) is 19.6. The first-order chi connectivity index (χ1) is 15.2. The summed E-state index contributed by atoms with van der Waals surface area (Å²) in [5.74, 6) is 2.42. The Morgan fingerprint density at radius 2 is 1.84 bits per heavy atom. The molecule has 0 bridgehead atoms. The number of likely N-dealkylation sites (N-methyl/N-ethyl adjacent to an activating group) is 1. The molecule has 1 atom stereocenters. The SMILES string of the molecule is COc1ccc(-c2noc(CN(C)C(=O)C(C)Oc3cc(C)cc(C)c3C)n2)c(OC)c1. The average Bonchev–Trinajstić information content (AvgIpc) is 3.24. The minimum atomic E-state index is -0.663. The fourth-order valence-corrected chi connectivity index (χ4v) is 3.37. The maximum absolute atomic E-state index is 12.9. The van der Waals surface area contributed by atoms with Crippen LogP contribution in [0.2, 0.25) is 0 Å². The van der Waals surface area contributed by atoms with Crippen molar-refractivity contribution in [1.29, 1.82) is 0 Å². The van der Waals surface area contributed by atoms with Crippen molar-refractivity contribution in [1.82, 2.24) is 15.0 Å². The Kier molecular flexibility index (Phi) is 7.02. The van der Waals surface area contributed by atoms with Gasteiger partial charge in [0.2, 0.25) is 11.7 Å². The molecule has 1 heterocycles. The highest BCUT2D eigenvalue weighted by Crippen LogP contribution is 2.31. The largest absolute Gasteiger partial charge is 0.497 e. The first-order valence-corrected chi connectivity index (χ1v) is 10.3. The van der Waals surface area contributed by atoms with Gasteiger partial charge in [0.05, 0.1) is 26.3 Å². The van der Waals surface area contributed by atoms with Gasteiger partial charge in [0.25, 0.3) is 5.91 Å². The molecule has 0 saturated carbocycles. The molecule has 1 aromatic heterocycles. The second-order valence-corrected chi connectivity index (χ2v) is 7.74. The van der Waals surface area contributed by atoms with E-state index in [1.54, 1.807) is 46.4 Å². The zero-order chi connectivity index (χ0) is 23.4. The zero-order valence-electron chi connectivity index (χ0n) is 19.6. The van der Waals surface area contributed by atoms with Crippen molar-refractivity contribution in [3.05, 3.63) is 52.9 Å². The van der Waals surface area contributed by atoms with Crippen LogP contribution in [-0.2, 0) is 11.3 Å². The molecular weight excluding hydrogens is 410 g/mol. The summed E-state index contributed by atoms with van der Waals surface area (Å²) >= 11 is 0. The molecule has 3 aromatic rings. The number of methoxy groups -OCH3 is 2. The lowest BCUT2D eigenvalue weighted by atomic mass is 10.1. The molecular formula is C24H29N3O5. The first-order valence-electron chi connectivity index (χ1n) is 10.3. The molecule has 8 nitrogen and oxygen atoms in total. The lowest BCUT2D eigenvalue weighted by Gasteiger charge is -2.22. The summed E-state index contributed by atoms with van der Waals surface area (Å²) < 4.78 is 21.9. The molecule has 0 fully saturated rings. The van der Waals surface area contributed by atoms with E-state index in [0.29, 0.717) is 34.5 Å². The van der Waals surface area contributed by atoms with Crippen LogP contribution in [-0.4, -0.2) is 48.3 Å². The third kappa shape index (κ3) is 5.01. The number of carbonyl (C=O) groups is 1. The van der Waals surface area contributed by atoms with Crippen LogP contribution in [0, 0.1) is 20.8 Å². The van der Waals surface area contributed by atoms with Crippen molar-refractivity contribution in [3.63, 3.8) is 0 Å². The molecule has 0 saturated heterocycles. The number of nitrogens with zero attached hydrogens (tertiary/aromatic N) is 3. The monoisotopic (exact) mass is 439 g/mol. The highest BCUT2D eigenvalue weighted by atomic mass is 16.5. The number of amides is 1. The van der Waals surface area contributed by atoms with Crippen molar-refractivity contribution in [2.45, 2.75) is 40.3 Å². The minimum Gasteiger partial charge on any atom is -0.497 e. The van der Waals surface area contributed by atoms with Crippen LogP contribution in [0.25, 0.3) is 11.4 Å². The van der Waals surface area contributed by atoms with Crippen molar-refractivity contribution < 1.29 is 23.5 Å². The molecule has 3 rings (SSSR count). The number of hydrogen-bond acceptors (Lipinski definition) is 7. The van der Waals surface area contributed by atoms with E-state index in [2.05, 4.69) is 16.2 Å². The molecule has 0 aliphatic rings. The highest BCUT2D eigenvalue weighted by molar-refractivity contribution is 5.80. The van der Waals surface area contributed by atoms with Crippen LogP contribution < -0.4 is 14.2 Å². The molecule has 0 N–H and O–H groups in total. The van der Waals surface area contributed by atoms with Crippen LogP contribution in [0.4, 0.5) is 0 Å². The Morgan fingerprint density at radius 3 is 2.53 bits per heavy atom. The molecule has 2 aromatic carbocycles. The van der Waals surface area contributed by atoms with Crippen molar-refractivity contribution in [2.24, 2.45) is 0 Å². The van der Waals surface area contributed by atoms with E-state index < -0.39 is 6.10 Å². The molecule has 170 valence electrons. The van der Waals surface area contributed by atoms with E-state index in [1.165, 1.54) is 4.90 Å². The Bertz CT molecular complexity index is 1110. The van der Waals surface area contributed by atoms with Gasteiger partial charge in [0.1, 0.15) is 17.2 Å². The van der Waals surface area contributed by atoms with Gasteiger partial charge in [-0.15, -0.1) is 0 Å². The third-order valence-corrected chi connectivity index (χ3v) is 5.28. The maximum Gasteiger partial charge on any atom is 0.263 e. The summed E-state index contributed by atoms with van der Waals surface area (Å²) in [4.78, 5) is 18.8. The minimum absolute atomic E-state index is 0.157. The topological polar surface area (TPSA) is 86.9 Å². The number of ether oxygens (including phenoxy) is 3. The van der Waals surface area contributed by atoms with E-state index >= 15 is 0 Å². The van der Waals surface area contributed by atoms with Gasteiger partial charge >= 0.3 is 0 Å². The fourth-order valence-electron chi connectivity index (χ4n) is 3.37. The van der Waals surface area contributed by atoms with Crippen LogP contribution in [0.3, 0.4) is 0 Å². The van der Waals surface area contributed by atoms with Gasteiger partial charge < -0.3 is 23.6 Å². The summed E-state index contributed by atoms with van der Waals surface area (Å²) in [5.41, 5.74) is 3.90. The molecule has 0 aliphatic carbocycles. The van der Waals surface area contributed by atoms with Gasteiger partial charge in [-0.05, 0) is 62.6 Å². The van der Waals surface area contributed by atoms with Crippen LogP contribution in [0.5, 0.6) is 17.2 Å². The summed E-state index contributed by atoms with van der Waals surface area (Å²) in [7, 11) is 4.82. The summed E-state index contributed by atoms with van der Waals surface area (Å²) in [5, 5.41) is 4.03. The Balaban J connectivity index is 1.69. The van der Waals surface area contributed by atoms with Gasteiger partial charge in [-0.3, -0.25) is 4.79 Å². The number of aromatic nitrogens is 2. The van der Waals surface area contributed by atoms with Gasteiger partial charge in [-0.2, -0.15) is 4.98 Å². The van der Waals surface area contributed by atoms with E-state index in [9.17, 15) is 4.79 Å². The first kappa shape index (κ1) is 23.1. The average molecular weight is 440 g/mol. The molecule has 1 amide bonds. The highest BCUT2D eigenvalue weighted by Gasteiger charge is 2.23. The molecule has 8 heteroatoms. The van der Waals surface area contributed by atoms with E-state index in [0.717, 1.165) is 16.7 Å². The van der Waals surface area contributed by atoms with Gasteiger partial charge in [-0.1, -0.05) is 11.2 Å². The van der Waals surface area contributed by atoms with Gasteiger partial charge in [0.15, 0.2) is 6.10 Å². The van der Waals surface area contributed by atoms with Crippen molar-refractivity contribution in [3.8, 4) is 28.6 Å². The summed E-state index contributed by atoms with van der Waals surface area (Å²) in [6.45, 7) is 7.90. The fraction of sp³-hybridized carbons (Fsp3) is 0.375. The standard InChI is InChI=1S/C24H29N3O5/c1-14-10-15(2)16(3)20(11-14)31-17(4)24(28)27(5)13-22-25-23(26-32-22)19-9-8-18(29-6)12-21(19)30-7/h8-12,17H,13H2,1-7H3. The van der Waals surface area contributed by atoms with Crippen molar-refractivity contribution in [2.75, 3.05) is 21.3 Å². The Morgan fingerprint density at radius 1 is 1.09 bits per heavy atom. The maximum atomic E-state index is 12.9. The lowest BCUT2D eigenvalue weighted by molar-refractivity contribution is -0.137. The predicted octanol–water partition coefficient (Wildman–Crippen LogP) is 4.10. The van der Waals surface area contributed by atoms with Crippen LogP contribution in [0.15, 0.2) is 34.9 Å². The summed E-state index contributed by atoms with van der Waals surface area (Å²) in [6, 6.07) is 9.36. The molecule has 0 radical (unpaired) electrons. The van der Waals surface area contributed by atoms with Crippen LogP contribution in [0.1, 0.15) is 29.5 Å².